The summed E-state index contributed by atoms with van der Waals surface area (Å²) in [6.45, 7) is 0. The standard InChI is InChI=1S/C22H15Cl3FN3O5/c1-34-22(33)16-7-15-18(28-8-27-15)19(9-3-2-4-12(23)17(9)26)29(16)20(30)10-5-13(24)14(25)6-11(10)21(31)32/h2-6,8,16,19H,7H2,1H3,(H,27,28)(H,31,32). The van der Waals surface area contributed by atoms with Gasteiger partial charge in [-0.25, -0.2) is 19.0 Å². The van der Waals surface area contributed by atoms with Crippen LogP contribution >= 0.6 is 34.8 Å². The minimum absolute atomic E-state index is 0.0307. The van der Waals surface area contributed by atoms with Crippen molar-refractivity contribution in [3.05, 3.63) is 85.6 Å². The first kappa shape index (κ1) is 24.0. The Morgan fingerprint density at radius 2 is 1.82 bits per heavy atom. The number of hydrogen-bond donors (Lipinski definition) is 2. The molecular formula is C22H15Cl3FN3O5. The Morgan fingerprint density at radius 3 is 2.47 bits per heavy atom. The highest BCUT2D eigenvalue weighted by molar-refractivity contribution is 6.42. The number of hydrogen-bond acceptors (Lipinski definition) is 5. The van der Waals surface area contributed by atoms with Crippen molar-refractivity contribution in [2.24, 2.45) is 0 Å². The third kappa shape index (κ3) is 4.00. The van der Waals surface area contributed by atoms with Gasteiger partial charge in [0.1, 0.15) is 17.9 Å². The van der Waals surface area contributed by atoms with E-state index in [1.807, 2.05) is 0 Å². The summed E-state index contributed by atoms with van der Waals surface area (Å²) in [4.78, 5) is 46.7. The fourth-order valence-electron chi connectivity index (χ4n) is 4.00. The molecule has 2 N–H and O–H groups in total. The predicted molar refractivity (Wildman–Crippen MR) is 121 cm³/mol. The normalized spacial score (nSPS) is 17.3. The zero-order valence-corrected chi connectivity index (χ0v) is 19.6. The van der Waals surface area contributed by atoms with Crippen LogP contribution < -0.4 is 0 Å². The highest BCUT2D eigenvalue weighted by atomic mass is 35.5. The summed E-state index contributed by atoms with van der Waals surface area (Å²) in [5.74, 6) is -3.96. The van der Waals surface area contributed by atoms with E-state index in [1.54, 1.807) is 0 Å². The van der Waals surface area contributed by atoms with Gasteiger partial charge in [0.05, 0.1) is 51.0 Å². The van der Waals surface area contributed by atoms with Gasteiger partial charge in [-0.15, -0.1) is 0 Å². The number of carboxylic acids is 1. The highest BCUT2D eigenvalue weighted by Crippen LogP contribution is 2.40. The SMILES string of the molecule is COC(=O)C1Cc2nc[nH]c2C(c2cccc(Cl)c2F)N1C(=O)c1cc(Cl)c(Cl)cc1C(=O)O. The topological polar surface area (TPSA) is 113 Å². The smallest absolute Gasteiger partial charge is 0.336 e. The molecule has 2 aromatic carbocycles. The van der Waals surface area contributed by atoms with E-state index in [0.717, 1.165) is 24.1 Å². The summed E-state index contributed by atoms with van der Waals surface area (Å²) in [5, 5.41) is 9.33. The molecule has 1 aliphatic rings. The van der Waals surface area contributed by atoms with Crippen LogP contribution in [0.15, 0.2) is 36.7 Å². The second kappa shape index (κ2) is 9.25. The molecule has 0 saturated heterocycles. The number of benzene rings is 2. The first-order valence-electron chi connectivity index (χ1n) is 9.74. The molecule has 3 aromatic rings. The van der Waals surface area contributed by atoms with Crippen LogP contribution in [-0.4, -0.2) is 51.0 Å². The maximum absolute atomic E-state index is 15.2. The lowest BCUT2D eigenvalue weighted by Gasteiger charge is -2.40. The van der Waals surface area contributed by atoms with Crippen molar-refractivity contribution in [3.63, 3.8) is 0 Å². The third-order valence-electron chi connectivity index (χ3n) is 5.53. The van der Waals surface area contributed by atoms with Crippen molar-refractivity contribution in [2.75, 3.05) is 7.11 Å². The number of imidazole rings is 1. The highest BCUT2D eigenvalue weighted by Gasteiger charge is 2.46. The molecule has 8 nitrogen and oxygen atoms in total. The molecule has 176 valence electrons. The Balaban J connectivity index is 1.99. The molecule has 34 heavy (non-hydrogen) atoms. The lowest BCUT2D eigenvalue weighted by atomic mass is 9.89. The van der Waals surface area contributed by atoms with Gasteiger partial charge in [0.2, 0.25) is 0 Å². The maximum Gasteiger partial charge on any atom is 0.336 e. The number of aromatic carboxylic acids is 1. The number of methoxy groups -OCH3 is 1. The molecular weight excluding hydrogens is 512 g/mol. The Morgan fingerprint density at radius 1 is 1.15 bits per heavy atom. The van der Waals surface area contributed by atoms with Crippen molar-refractivity contribution in [2.45, 2.75) is 18.5 Å². The number of amides is 1. The second-order valence-electron chi connectivity index (χ2n) is 7.38. The predicted octanol–water partition coefficient (Wildman–Crippen LogP) is 4.54. The van der Waals surface area contributed by atoms with Crippen molar-refractivity contribution < 1.29 is 28.6 Å². The third-order valence-corrected chi connectivity index (χ3v) is 6.54. The summed E-state index contributed by atoms with van der Waals surface area (Å²) >= 11 is 18.1. The van der Waals surface area contributed by atoms with Crippen LogP contribution in [0, 0.1) is 5.82 Å². The number of esters is 1. The number of nitrogens with zero attached hydrogens (tertiary/aromatic N) is 2. The summed E-state index contributed by atoms with van der Waals surface area (Å²) in [6, 6.07) is 3.89. The van der Waals surface area contributed by atoms with Crippen molar-refractivity contribution >= 4 is 52.6 Å². The average molecular weight is 527 g/mol. The van der Waals surface area contributed by atoms with E-state index in [-0.39, 0.29) is 32.6 Å². The van der Waals surface area contributed by atoms with Crippen LogP contribution in [0.25, 0.3) is 0 Å². The number of fused-ring (bicyclic) bond motifs is 1. The van der Waals surface area contributed by atoms with Gasteiger partial charge in [0.15, 0.2) is 0 Å². The van der Waals surface area contributed by atoms with Gasteiger partial charge in [-0.05, 0) is 18.2 Å². The number of halogens is 4. The van der Waals surface area contributed by atoms with E-state index in [0.29, 0.717) is 11.4 Å². The summed E-state index contributed by atoms with van der Waals surface area (Å²) in [5.41, 5.74) is -0.0603. The Hall–Kier alpha value is -3.14. The molecule has 1 amide bonds. The lowest BCUT2D eigenvalue weighted by Crippen LogP contribution is -2.52. The molecule has 1 aromatic heterocycles. The number of aromatic amines is 1. The summed E-state index contributed by atoms with van der Waals surface area (Å²) < 4.78 is 20.1. The van der Waals surface area contributed by atoms with Crippen LogP contribution in [0.3, 0.4) is 0 Å². The van der Waals surface area contributed by atoms with Crippen molar-refractivity contribution in [1.29, 1.82) is 0 Å². The molecule has 0 bridgehead atoms. The zero-order chi connectivity index (χ0) is 24.7. The molecule has 0 spiro atoms. The van der Waals surface area contributed by atoms with Gasteiger partial charge in [-0.3, -0.25) is 4.79 Å². The van der Waals surface area contributed by atoms with E-state index in [1.165, 1.54) is 24.5 Å². The molecule has 2 heterocycles. The van der Waals surface area contributed by atoms with Crippen LogP contribution in [0.2, 0.25) is 15.1 Å². The first-order chi connectivity index (χ1) is 16.1. The molecule has 0 radical (unpaired) electrons. The van der Waals surface area contributed by atoms with Gasteiger partial charge < -0.3 is 19.7 Å². The average Bonchev–Trinajstić information content (AvgIpc) is 3.28. The molecule has 4 rings (SSSR count). The molecule has 0 saturated carbocycles. The number of carboxylic acid groups (broad SMARTS) is 1. The molecule has 2 atom stereocenters. The number of carbonyl (C=O) groups excluding carboxylic acids is 2. The Kier molecular flexibility index (Phi) is 6.53. The minimum atomic E-state index is -1.44. The van der Waals surface area contributed by atoms with Gasteiger partial charge in [-0.1, -0.05) is 46.9 Å². The fourth-order valence-corrected chi connectivity index (χ4v) is 4.51. The lowest BCUT2D eigenvalue weighted by molar-refractivity contribution is -0.147. The molecule has 0 fully saturated rings. The largest absolute Gasteiger partial charge is 0.478 e. The number of carbonyl (C=O) groups is 3. The summed E-state index contributed by atoms with van der Waals surface area (Å²) in [6.07, 6.45) is 1.30. The molecule has 0 aliphatic carbocycles. The van der Waals surface area contributed by atoms with Crippen LogP contribution in [-0.2, 0) is 16.0 Å². The van der Waals surface area contributed by atoms with Crippen LogP contribution in [0.5, 0.6) is 0 Å². The number of aromatic nitrogens is 2. The summed E-state index contributed by atoms with van der Waals surface area (Å²) in [7, 11) is 1.14. The Labute approximate surface area is 207 Å². The molecule has 1 aliphatic heterocycles. The van der Waals surface area contributed by atoms with E-state index in [9.17, 15) is 19.5 Å². The minimum Gasteiger partial charge on any atom is -0.478 e. The van der Waals surface area contributed by atoms with Crippen molar-refractivity contribution in [3.8, 4) is 0 Å². The maximum atomic E-state index is 15.2. The number of ether oxygens (including phenoxy) is 1. The van der Waals surface area contributed by atoms with Gasteiger partial charge in [0.25, 0.3) is 5.91 Å². The van der Waals surface area contributed by atoms with Crippen LogP contribution in [0.1, 0.15) is 43.7 Å². The number of H-pyrrole nitrogens is 1. The van der Waals surface area contributed by atoms with Crippen molar-refractivity contribution in [1.82, 2.24) is 14.9 Å². The number of rotatable bonds is 4. The van der Waals surface area contributed by atoms with Gasteiger partial charge in [0, 0.05) is 12.0 Å². The monoisotopic (exact) mass is 525 g/mol. The first-order valence-corrected chi connectivity index (χ1v) is 10.9. The molecule has 2 unspecified atom stereocenters. The molecule has 12 heteroatoms. The van der Waals surface area contributed by atoms with E-state index < -0.39 is 41.3 Å². The van der Waals surface area contributed by atoms with E-state index in [4.69, 9.17) is 39.5 Å². The van der Waals surface area contributed by atoms with E-state index >= 15 is 4.39 Å². The number of nitrogens with one attached hydrogen (secondary N) is 1. The van der Waals surface area contributed by atoms with Gasteiger partial charge >= 0.3 is 11.9 Å². The Bertz CT molecular complexity index is 1330. The van der Waals surface area contributed by atoms with Gasteiger partial charge in [-0.2, -0.15) is 0 Å². The quantitative estimate of drug-likeness (QED) is 0.483. The van der Waals surface area contributed by atoms with Crippen LogP contribution in [0.4, 0.5) is 4.39 Å². The zero-order valence-electron chi connectivity index (χ0n) is 17.3. The second-order valence-corrected chi connectivity index (χ2v) is 8.60. The van der Waals surface area contributed by atoms with E-state index in [2.05, 4.69) is 9.97 Å². The fraction of sp³-hybridized carbons (Fsp3) is 0.182.